The summed E-state index contributed by atoms with van der Waals surface area (Å²) >= 11 is 0. The van der Waals surface area contributed by atoms with E-state index in [1.165, 1.54) is 0 Å². The summed E-state index contributed by atoms with van der Waals surface area (Å²) in [4.78, 5) is 24.3. The van der Waals surface area contributed by atoms with Gasteiger partial charge in [-0.15, -0.1) is 0 Å². The molecule has 0 saturated heterocycles. The van der Waals surface area contributed by atoms with Gasteiger partial charge in [-0.25, -0.2) is 0 Å². The maximum Gasteiger partial charge on any atom is 0.310 e. The third kappa shape index (κ3) is 4.02. The molecule has 0 amide bonds. The molecule has 1 aliphatic carbocycles. The second kappa shape index (κ2) is 7.77. The molecule has 2 aromatic carbocycles. The van der Waals surface area contributed by atoms with Crippen molar-refractivity contribution >= 4 is 11.9 Å². The van der Waals surface area contributed by atoms with Gasteiger partial charge >= 0.3 is 11.9 Å². The highest BCUT2D eigenvalue weighted by atomic mass is 16.5. The molecule has 1 aliphatic rings. The van der Waals surface area contributed by atoms with E-state index >= 15 is 0 Å². The third-order valence-electron chi connectivity index (χ3n) is 4.33. The van der Waals surface area contributed by atoms with E-state index in [0.29, 0.717) is 12.8 Å². The monoisotopic (exact) mass is 324 g/mol. The highest BCUT2D eigenvalue weighted by molar-refractivity contribution is 5.83. The fourth-order valence-corrected chi connectivity index (χ4v) is 2.74. The molecule has 0 spiro atoms. The molecule has 0 aromatic heterocycles. The van der Waals surface area contributed by atoms with Gasteiger partial charge in [0.1, 0.15) is 13.2 Å². The SMILES string of the molecule is O=C(OCc1ccccc1)C1CCC1C(=O)OCc1ccccc1. The van der Waals surface area contributed by atoms with Crippen LogP contribution in [-0.2, 0) is 32.3 Å². The number of hydrogen-bond donors (Lipinski definition) is 0. The molecule has 2 unspecified atom stereocenters. The normalized spacial score (nSPS) is 19.2. The molecule has 4 heteroatoms. The van der Waals surface area contributed by atoms with Crippen LogP contribution in [0.4, 0.5) is 0 Å². The number of ether oxygens (including phenoxy) is 2. The quantitative estimate of drug-likeness (QED) is 0.763. The minimum absolute atomic E-state index is 0.238. The van der Waals surface area contributed by atoms with Crippen LogP contribution in [0.2, 0.25) is 0 Å². The Morgan fingerprint density at radius 1 is 0.708 bits per heavy atom. The number of esters is 2. The average molecular weight is 324 g/mol. The summed E-state index contributed by atoms with van der Waals surface area (Å²) in [5, 5.41) is 0. The van der Waals surface area contributed by atoms with Crippen molar-refractivity contribution in [2.24, 2.45) is 11.8 Å². The van der Waals surface area contributed by atoms with Gasteiger partial charge in [0, 0.05) is 0 Å². The minimum atomic E-state index is -0.378. The standard InChI is InChI=1S/C20H20O4/c21-19(23-13-15-7-3-1-4-8-15)17-11-12-18(17)20(22)24-14-16-9-5-2-6-10-16/h1-10,17-18H,11-14H2. The fraction of sp³-hybridized carbons (Fsp3) is 0.300. The van der Waals surface area contributed by atoms with E-state index in [-0.39, 0.29) is 37.0 Å². The van der Waals surface area contributed by atoms with Crippen molar-refractivity contribution in [2.75, 3.05) is 0 Å². The minimum Gasteiger partial charge on any atom is -0.461 e. The predicted molar refractivity (Wildman–Crippen MR) is 88.7 cm³/mol. The molecule has 24 heavy (non-hydrogen) atoms. The van der Waals surface area contributed by atoms with E-state index in [1.807, 2.05) is 60.7 Å². The summed E-state index contributed by atoms with van der Waals surface area (Å²) in [6.07, 6.45) is 1.36. The molecular weight excluding hydrogens is 304 g/mol. The van der Waals surface area contributed by atoms with E-state index in [2.05, 4.69) is 0 Å². The van der Waals surface area contributed by atoms with Crippen LogP contribution in [0, 0.1) is 11.8 Å². The van der Waals surface area contributed by atoms with Crippen molar-refractivity contribution < 1.29 is 19.1 Å². The second-order valence-corrected chi connectivity index (χ2v) is 5.98. The maximum absolute atomic E-state index is 12.2. The van der Waals surface area contributed by atoms with E-state index in [9.17, 15) is 9.59 Å². The van der Waals surface area contributed by atoms with E-state index in [0.717, 1.165) is 11.1 Å². The molecule has 2 aromatic rings. The molecule has 2 atom stereocenters. The van der Waals surface area contributed by atoms with Crippen LogP contribution in [0.5, 0.6) is 0 Å². The van der Waals surface area contributed by atoms with Gasteiger partial charge in [-0.3, -0.25) is 9.59 Å². The van der Waals surface area contributed by atoms with Crippen LogP contribution in [0.1, 0.15) is 24.0 Å². The highest BCUT2D eigenvalue weighted by Gasteiger charge is 2.43. The Kier molecular flexibility index (Phi) is 5.26. The van der Waals surface area contributed by atoms with Gasteiger partial charge in [0.05, 0.1) is 11.8 Å². The molecule has 4 nitrogen and oxygen atoms in total. The molecule has 0 bridgehead atoms. The summed E-state index contributed by atoms with van der Waals surface area (Å²) in [5.41, 5.74) is 1.88. The van der Waals surface area contributed by atoms with Gasteiger partial charge in [-0.05, 0) is 24.0 Å². The lowest BCUT2D eigenvalue weighted by Crippen LogP contribution is -2.40. The summed E-state index contributed by atoms with van der Waals surface area (Å²) in [7, 11) is 0. The zero-order valence-corrected chi connectivity index (χ0v) is 13.4. The zero-order chi connectivity index (χ0) is 16.8. The Morgan fingerprint density at radius 2 is 1.08 bits per heavy atom. The Morgan fingerprint density at radius 3 is 1.42 bits per heavy atom. The molecule has 0 aliphatic heterocycles. The van der Waals surface area contributed by atoms with Crippen molar-refractivity contribution in [1.82, 2.24) is 0 Å². The lowest BCUT2D eigenvalue weighted by atomic mass is 9.73. The predicted octanol–water partition coefficient (Wildman–Crippen LogP) is 3.50. The van der Waals surface area contributed by atoms with Gasteiger partial charge in [0.2, 0.25) is 0 Å². The molecule has 0 N–H and O–H groups in total. The van der Waals surface area contributed by atoms with Crippen molar-refractivity contribution in [2.45, 2.75) is 26.1 Å². The topological polar surface area (TPSA) is 52.6 Å². The molecule has 0 radical (unpaired) electrons. The lowest BCUT2D eigenvalue weighted by Gasteiger charge is -2.32. The smallest absolute Gasteiger partial charge is 0.310 e. The fourth-order valence-electron chi connectivity index (χ4n) is 2.74. The maximum atomic E-state index is 12.2. The Bertz CT molecular complexity index is 620. The molecule has 1 fully saturated rings. The van der Waals surface area contributed by atoms with Crippen molar-refractivity contribution in [1.29, 1.82) is 0 Å². The van der Waals surface area contributed by atoms with E-state index in [1.54, 1.807) is 0 Å². The van der Waals surface area contributed by atoms with Crippen molar-refractivity contribution in [3.05, 3.63) is 71.8 Å². The lowest BCUT2D eigenvalue weighted by molar-refractivity contribution is -0.169. The number of rotatable bonds is 6. The van der Waals surface area contributed by atoms with E-state index < -0.39 is 0 Å². The Hall–Kier alpha value is -2.62. The Labute approximate surface area is 141 Å². The van der Waals surface area contributed by atoms with Crippen LogP contribution < -0.4 is 0 Å². The first-order chi connectivity index (χ1) is 11.7. The molecule has 1 saturated carbocycles. The van der Waals surface area contributed by atoms with Crippen LogP contribution in [0.15, 0.2) is 60.7 Å². The van der Waals surface area contributed by atoms with E-state index in [4.69, 9.17) is 9.47 Å². The van der Waals surface area contributed by atoms with Crippen LogP contribution in [0.25, 0.3) is 0 Å². The highest BCUT2D eigenvalue weighted by Crippen LogP contribution is 2.36. The van der Waals surface area contributed by atoms with Crippen LogP contribution >= 0.6 is 0 Å². The average Bonchev–Trinajstić information content (AvgIpc) is 2.59. The summed E-state index contributed by atoms with van der Waals surface area (Å²) in [6.45, 7) is 0.476. The van der Waals surface area contributed by atoms with Gasteiger partial charge < -0.3 is 9.47 Å². The zero-order valence-electron chi connectivity index (χ0n) is 13.4. The Balaban J connectivity index is 1.46. The summed E-state index contributed by atoms with van der Waals surface area (Å²) < 4.78 is 10.7. The van der Waals surface area contributed by atoms with Gasteiger partial charge in [0.25, 0.3) is 0 Å². The van der Waals surface area contributed by atoms with Gasteiger partial charge in [-0.2, -0.15) is 0 Å². The summed E-state index contributed by atoms with van der Waals surface area (Å²) in [5.74, 6) is -1.38. The molecule has 3 rings (SSSR count). The first-order valence-corrected chi connectivity index (χ1v) is 8.15. The number of hydrogen-bond acceptors (Lipinski definition) is 4. The first-order valence-electron chi connectivity index (χ1n) is 8.15. The summed E-state index contributed by atoms with van der Waals surface area (Å²) in [6, 6.07) is 19.0. The van der Waals surface area contributed by atoms with Crippen molar-refractivity contribution in [3.63, 3.8) is 0 Å². The third-order valence-corrected chi connectivity index (χ3v) is 4.33. The number of carbonyl (C=O) groups is 2. The molecule has 124 valence electrons. The van der Waals surface area contributed by atoms with Crippen LogP contribution in [-0.4, -0.2) is 11.9 Å². The van der Waals surface area contributed by atoms with Gasteiger partial charge in [0.15, 0.2) is 0 Å². The molecule has 0 heterocycles. The largest absolute Gasteiger partial charge is 0.461 e. The first kappa shape index (κ1) is 16.2. The van der Waals surface area contributed by atoms with Crippen molar-refractivity contribution in [3.8, 4) is 0 Å². The number of carbonyl (C=O) groups excluding carboxylic acids is 2. The second-order valence-electron chi connectivity index (χ2n) is 5.98. The van der Waals surface area contributed by atoms with Gasteiger partial charge in [-0.1, -0.05) is 60.7 Å². The van der Waals surface area contributed by atoms with Crippen LogP contribution in [0.3, 0.4) is 0 Å². The number of benzene rings is 2. The molecular formula is C20H20O4.